The van der Waals surface area contributed by atoms with Crippen LogP contribution in [0.3, 0.4) is 0 Å². The molecule has 7 heteroatoms. The number of amides is 1. The van der Waals surface area contributed by atoms with Gasteiger partial charge in [-0.3, -0.25) is 9.20 Å². The molecule has 1 amide bonds. The molecule has 0 aliphatic carbocycles. The molecular formula is C22H19ClN4OS. The van der Waals surface area contributed by atoms with Crippen LogP contribution in [0, 0.1) is 0 Å². The molecule has 1 fully saturated rings. The van der Waals surface area contributed by atoms with Gasteiger partial charge in [0.25, 0.3) is 0 Å². The van der Waals surface area contributed by atoms with E-state index in [1.807, 2.05) is 51.9 Å². The Bertz CT molecular complexity index is 1190. The van der Waals surface area contributed by atoms with Gasteiger partial charge in [0.15, 0.2) is 5.15 Å². The number of piperidine rings is 1. The first-order valence-electron chi connectivity index (χ1n) is 9.64. The van der Waals surface area contributed by atoms with Gasteiger partial charge in [0.1, 0.15) is 5.65 Å². The number of halogens is 1. The Labute approximate surface area is 177 Å². The maximum atomic E-state index is 12.8. The molecule has 146 valence electrons. The monoisotopic (exact) mass is 422 g/mol. The van der Waals surface area contributed by atoms with Gasteiger partial charge >= 0.3 is 0 Å². The lowest BCUT2D eigenvalue weighted by Crippen LogP contribution is -2.38. The summed E-state index contributed by atoms with van der Waals surface area (Å²) in [6.45, 7) is 1.47. The number of rotatable bonds is 3. The standard InChI is InChI=1S/C22H19ClN4OS/c23-21-17(27-13-4-3-9-19(27)25-21)10-11-20(28)26-12-5-6-15(14-26)22-24-16-7-1-2-8-18(16)29-22/h1-4,7-11,13,15H,5-6,12,14H2. The van der Waals surface area contributed by atoms with Crippen molar-refractivity contribution in [2.45, 2.75) is 18.8 Å². The molecule has 1 saturated heterocycles. The van der Waals surface area contributed by atoms with E-state index < -0.39 is 0 Å². The third kappa shape index (κ3) is 3.54. The molecule has 1 aliphatic heterocycles. The van der Waals surface area contributed by atoms with Crippen molar-refractivity contribution in [1.82, 2.24) is 19.3 Å². The second-order valence-electron chi connectivity index (χ2n) is 7.19. The Hall–Kier alpha value is -2.70. The second-order valence-corrected chi connectivity index (χ2v) is 8.61. The molecule has 0 spiro atoms. The number of benzene rings is 1. The number of aromatic nitrogens is 3. The second kappa shape index (κ2) is 7.61. The molecule has 0 N–H and O–H groups in total. The number of carbonyl (C=O) groups excluding carboxylic acids is 1. The summed E-state index contributed by atoms with van der Waals surface area (Å²) < 4.78 is 3.08. The van der Waals surface area contributed by atoms with Gasteiger partial charge in [0, 0.05) is 31.3 Å². The Morgan fingerprint density at radius 3 is 2.93 bits per heavy atom. The van der Waals surface area contributed by atoms with Crippen molar-refractivity contribution >= 4 is 50.8 Å². The predicted molar refractivity (Wildman–Crippen MR) is 117 cm³/mol. The Balaban J connectivity index is 1.34. The van der Waals surface area contributed by atoms with Gasteiger partial charge in [-0.15, -0.1) is 11.3 Å². The number of thiazole rings is 1. The van der Waals surface area contributed by atoms with Crippen LogP contribution in [0.5, 0.6) is 0 Å². The lowest BCUT2D eigenvalue weighted by atomic mass is 9.98. The Morgan fingerprint density at radius 1 is 1.17 bits per heavy atom. The van der Waals surface area contributed by atoms with Gasteiger partial charge in [-0.1, -0.05) is 29.8 Å². The molecular weight excluding hydrogens is 404 g/mol. The Morgan fingerprint density at radius 2 is 2.03 bits per heavy atom. The summed E-state index contributed by atoms with van der Waals surface area (Å²) in [6.07, 6.45) is 7.29. The van der Waals surface area contributed by atoms with Gasteiger partial charge in [-0.05, 0) is 43.2 Å². The predicted octanol–water partition coefficient (Wildman–Crippen LogP) is 5.02. The molecule has 1 unspecified atom stereocenters. The van der Waals surface area contributed by atoms with Crippen molar-refractivity contribution in [3.8, 4) is 0 Å². The molecule has 4 heterocycles. The van der Waals surface area contributed by atoms with Crippen molar-refractivity contribution in [3.05, 3.63) is 70.6 Å². The fraction of sp³-hybridized carbons (Fsp3) is 0.227. The maximum Gasteiger partial charge on any atom is 0.246 e. The zero-order chi connectivity index (χ0) is 19.8. The van der Waals surface area contributed by atoms with E-state index in [-0.39, 0.29) is 11.8 Å². The first-order valence-corrected chi connectivity index (χ1v) is 10.8. The Kier molecular flexibility index (Phi) is 4.81. The molecule has 0 saturated carbocycles. The smallest absolute Gasteiger partial charge is 0.246 e. The molecule has 5 rings (SSSR count). The quantitative estimate of drug-likeness (QED) is 0.436. The molecule has 29 heavy (non-hydrogen) atoms. The van der Waals surface area contributed by atoms with Crippen LogP contribution in [0.25, 0.3) is 21.9 Å². The molecule has 0 bridgehead atoms. The lowest BCUT2D eigenvalue weighted by Gasteiger charge is -2.31. The SMILES string of the molecule is O=C(C=Cc1c(Cl)nc2ccccn12)N1CCCC(c2nc3ccccc3s2)C1. The number of carbonyl (C=O) groups is 1. The van der Waals surface area contributed by atoms with E-state index in [1.54, 1.807) is 23.5 Å². The van der Waals surface area contributed by atoms with Crippen LogP contribution < -0.4 is 0 Å². The van der Waals surface area contributed by atoms with Gasteiger partial charge in [0.2, 0.25) is 5.91 Å². The summed E-state index contributed by atoms with van der Waals surface area (Å²) in [4.78, 5) is 23.9. The van der Waals surface area contributed by atoms with Crippen LogP contribution in [0.1, 0.15) is 29.5 Å². The number of fused-ring (bicyclic) bond motifs is 2. The van der Waals surface area contributed by atoms with Gasteiger partial charge in [0.05, 0.1) is 20.9 Å². The highest BCUT2D eigenvalue weighted by Crippen LogP contribution is 2.33. The van der Waals surface area contributed by atoms with E-state index in [1.165, 1.54) is 4.70 Å². The van der Waals surface area contributed by atoms with Crippen LogP contribution in [0.15, 0.2) is 54.7 Å². The average Bonchev–Trinajstić information content (AvgIpc) is 3.32. The van der Waals surface area contributed by atoms with Gasteiger partial charge in [-0.25, -0.2) is 9.97 Å². The number of likely N-dealkylation sites (tertiary alicyclic amines) is 1. The van der Waals surface area contributed by atoms with E-state index in [9.17, 15) is 4.79 Å². The number of hydrogen-bond acceptors (Lipinski definition) is 4. The summed E-state index contributed by atoms with van der Waals surface area (Å²) in [5.41, 5.74) is 2.52. The summed E-state index contributed by atoms with van der Waals surface area (Å²) in [6, 6.07) is 13.9. The molecule has 5 nitrogen and oxygen atoms in total. The van der Waals surface area contributed by atoms with Crippen molar-refractivity contribution in [1.29, 1.82) is 0 Å². The van der Waals surface area contributed by atoms with Crippen LogP contribution in [0.4, 0.5) is 0 Å². The van der Waals surface area contributed by atoms with E-state index in [0.29, 0.717) is 11.7 Å². The van der Waals surface area contributed by atoms with E-state index in [2.05, 4.69) is 11.1 Å². The molecule has 1 aromatic carbocycles. The van der Waals surface area contributed by atoms with E-state index in [0.717, 1.165) is 41.3 Å². The highest BCUT2D eigenvalue weighted by atomic mass is 35.5. The molecule has 4 aromatic rings. The van der Waals surface area contributed by atoms with Crippen LogP contribution in [-0.4, -0.2) is 38.3 Å². The first-order chi connectivity index (χ1) is 14.2. The normalized spacial score (nSPS) is 17.6. The fourth-order valence-corrected chi connectivity index (χ4v) is 5.17. The molecule has 1 atom stereocenters. The minimum absolute atomic E-state index is 0.00208. The number of hydrogen-bond donors (Lipinski definition) is 0. The number of para-hydroxylation sites is 1. The van der Waals surface area contributed by atoms with Crippen molar-refractivity contribution in [2.24, 2.45) is 0 Å². The summed E-state index contributed by atoms with van der Waals surface area (Å²) in [5.74, 6) is 0.288. The minimum Gasteiger partial charge on any atom is -0.338 e. The van der Waals surface area contributed by atoms with E-state index >= 15 is 0 Å². The third-order valence-electron chi connectivity index (χ3n) is 5.30. The largest absolute Gasteiger partial charge is 0.338 e. The van der Waals surface area contributed by atoms with Gasteiger partial charge in [-0.2, -0.15) is 0 Å². The third-order valence-corrected chi connectivity index (χ3v) is 6.78. The highest BCUT2D eigenvalue weighted by Gasteiger charge is 2.26. The van der Waals surface area contributed by atoms with Crippen molar-refractivity contribution < 1.29 is 4.79 Å². The van der Waals surface area contributed by atoms with Crippen LogP contribution in [-0.2, 0) is 4.79 Å². The van der Waals surface area contributed by atoms with Crippen LogP contribution >= 0.6 is 22.9 Å². The summed E-state index contributed by atoms with van der Waals surface area (Å²) in [7, 11) is 0. The zero-order valence-electron chi connectivity index (χ0n) is 15.7. The van der Waals surface area contributed by atoms with Crippen LogP contribution in [0.2, 0.25) is 5.15 Å². The topological polar surface area (TPSA) is 50.5 Å². The minimum atomic E-state index is -0.00208. The first kappa shape index (κ1) is 18.3. The molecule has 3 aromatic heterocycles. The summed E-state index contributed by atoms with van der Waals surface area (Å²) in [5, 5.41) is 1.52. The maximum absolute atomic E-state index is 12.8. The number of imidazole rings is 1. The van der Waals surface area contributed by atoms with Crippen molar-refractivity contribution in [2.75, 3.05) is 13.1 Å². The van der Waals surface area contributed by atoms with E-state index in [4.69, 9.17) is 16.6 Å². The summed E-state index contributed by atoms with van der Waals surface area (Å²) >= 11 is 8.00. The number of pyridine rings is 1. The number of nitrogens with zero attached hydrogens (tertiary/aromatic N) is 4. The molecule has 1 aliphatic rings. The highest BCUT2D eigenvalue weighted by molar-refractivity contribution is 7.18. The lowest BCUT2D eigenvalue weighted by molar-refractivity contribution is -0.127. The van der Waals surface area contributed by atoms with Gasteiger partial charge < -0.3 is 4.90 Å². The average molecular weight is 423 g/mol. The van der Waals surface area contributed by atoms with Crippen molar-refractivity contribution in [3.63, 3.8) is 0 Å². The zero-order valence-corrected chi connectivity index (χ0v) is 17.2. The molecule has 0 radical (unpaired) electrons. The fourth-order valence-electron chi connectivity index (χ4n) is 3.83.